The summed E-state index contributed by atoms with van der Waals surface area (Å²) >= 11 is 0. The molecule has 40 atom stereocenters. The van der Waals surface area contributed by atoms with E-state index in [1.807, 2.05) is 0 Å². The smallest absolute Gasteiger partial charge is 0.217 e. The predicted molar refractivity (Wildman–Crippen MR) is 273 cm³/mol. The van der Waals surface area contributed by atoms with Crippen LogP contribution in [0.2, 0.25) is 0 Å². The van der Waals surface area contributed by atoms with Gasteiger partial charge in [-0.25, -0.2) is 0 Å². The van der Waals surface area contributed by atoms with Crippen LogP contribution in [0.25, 0.3) is 0 Å². The molecule has 41 nitrogen and oxygen atoms in total. The zero-order valence-electron chi connectivity index (χ0n) is 48.0. The third kappa shape index (κ3) is 14.9. The lowest BCUT2D eigenvalue weighted by molar-refractivity contribution is -0.398. The highest BCUT2D eigenvalue weighted by Gasteiger charge is 2.60. The van der Waals surface area contributed by atoms with E-state index in [2.05, 4.69) is 5.32 Å². The Morgan fingerprint density at radius 1 is 0.275 bits per heavy atom. The van der Waals surface area contributed by atoms with Crippen molar-refractivity contribution in [2.75, 3.05) is 52.9 Å². The molecule has 1 amide bonds. The van der Waals surface area contributed by atoms with Gasteiger partial charge in [0.15, 0.2) is 50.3 Å². The summed E-state index contributed by atoms with van der Waals surface area (Å²) in [5.74, 6) is -0.786. The van der Waals surface area contributed by atoms with Gasteiger partial charge in [0.05, 0.1) is 52.9 Å². The second kappa shape index (κ2) is 31.2. The van der Waals surface area contributed by atoms with Gasteiger partial charge in [-0.2, -0.15) is 0 Å². The predicted octanol–water partition coefficient (Wildman–Crippen LogP) is -17.3. The Bertz CT molecular complexity index is 2260. The van der Waals surface area contributed by atoms with Crippen molar-refractivity contribution in [3.05, 3.63) is 0 Å². The van der Waals surface area contributed by atoms with Gasteiger partial charge >= 0.3 is 0 Å². The van der Waals surface area contributed by atoms with E-state index in [1.165, 1.54) is 0 Å². The zero-order valence-corrected chi connectivity index (χ0v) is 48.0. The van der Waals surface area contributed by atoms with Gasteiger partial charge in [-0.05, 0) is 0 Å². The topological polar surface area (TPSA) is 642 Å². The third-order valence-corrected chi connectivity index (χ3v) is 17.3. The molecule has 0 spiro atoms. The number of aliphatic hydroxyl groups is 23. The van der Waals surface area contributed by atoms with Crippen LogP contribution in [0.1, 0.15) is 6.92 Å². The van der Waals surface area contributed by atoms with Crippen LogP contribution in [0.4, 0.5) is 0 Å². The standard InChI is InChI=1S/C50H83NO40/c1-10(59)51-19-21(61)20(60)11(2-52)77-43(19)76-9-18-42-28(68)35(75)50(84-18)90-41-17(8-58)82-48(33(73)26(41)66)88-39-15(6-56)80-46(31(71)24(39)64)86-37-13(4-54)78-44(29(69)22(37)62)85-36-12(3-53)79-45(30(70)23(36)63)87-38-14(5-55)81-47(32(72)25(38)65)89-40-16(7-57)83-49(91-42)34(74)27(40)67/h11-50,52-58,60-75H,2-9H2,1H3,(H,51,59)/t11-,12-,13-,14-,15-,16-,17-,18-,19-,20-,21?,22-,23-,24-,25-,26-,27-,28-,29-,30-,31-,32-,33-,34-,35-,36-,37-,38-,39-,40-,41-,42-,43-,44-,45-,46-,47-,48-,49-,50-/m1/s1. The van der Waals surface area contributed by atoms with Crippen LogP contribution < -0.4 is 5.32 Å². The molecule has 91 heavy (non-hydrogen) atoms. The zero-order chi connectivity index (χ0) is 66.3. The summed E-state index contributed by atoms with van der Waals surface area (Å²) in [7, 11) is 0. The lowest BCUT2D eigenvalue weighted by Gasteiger charge is -2.50. The summed E-state index contributed by atoms with van der Waals surface area (Å²) in [5.41, 5.74) is 0. The highest BCUT2D eigenvalue weighted by atomic mass is 16.8. The maximum atomic E-state index is 12.3. The number of hydrogen-bond acceptors (Lipinski definition) is 40. The first-order valence-electron chi connectivity index (χ1n) is 29.1. The van der Waals surface area contributed by atoms with Crippen LogP contribution in [0.3, 0.4) is 0 Å². The molecule has 1 unspecified atom stereocenters. The van der Waals surface area contributed by atoms with Gasteiger partial charge in [-0.15, -0.1) is 0 Å². The number of rotatable bonds is 11. The Hall–Kier alpha value is -2.09. The summed E-state index contributed by atoms with van der Waals surface area (Å²) in [6, 6.07) is -1.61. The van der Waals surface area contributed by atoms with Crippen molar-refractivity contribution in [3.8, 4) is 0 Å². The fraction of sp³-hybridized carbons (Fsp3) is 0.980. The van der Waals surface area contributed by atoms with Crippen LogP contribution in [0.5, 0.6) is 0 Å². The molecule has 22 saturated heterocycles. The van der Waals surface area contributed by atoms with E-state index < -0.39 is 304 Å². The van der Waals surface area contributed by atoms with Gasteiger partial charge in [-0.1, -0.05) is 0 Å². The quantitative estimate of drug-likeness (QED) is 0.0913. The van der Waals surface area contributed by atoms with E-state index in [1.54, 1.807) is 0 Å². The number of nitrogens with one attached hydrogen (secondary N) is 1. The first-order chi connectivity index (χ1) is 43.2. The molecule has 22 heterocycles. The lowest BCUT2D eigenvalue weighted by Crippen LogP contribution is -2.68. The van der Waals surface area contributed by atoms with Crippen LogP contribution >= 0.6 is 0 Å². The minimum Gasteiger partial charge on any atom is -0.394 e. The van der Waals surface area contributed by atoms with Gasteiger partial charge in [-0.3, -0.25) is 4.79 Å². The van der Waals surface area contributed by atoms with Crippen molar-refractivity contribution in [3.63, 3.8) is 0 Å². The van der Waals surface area contributed by atoms with Crippen molar-refractivity contribution in [2.24, 2.45) is 0 Å². The minimum absolute atomic E-state index is 0.786. The van der Waals surface area contributed by atoms with E-state index >= 15 is 0 Å². The average Bonchev–Trinajstić information content (AvgIpc) is 0.796. The van der Waals surface area contributed by atoms with E-state index in [4.69, 9.17) is 75.8 Å². The van der Waals surface area contributed by atoms with Gasteiger partial charge in [0.1, 0.15) is 195 Å². The van der Waals surface area contributed by atoms with Gasteiger partial charge in [0.25, 0.3) is 0 Å². The fourth-order valence-electron chi connectivity index (χ4n) is 12.2. The Morgan fingerprint density at radius 3 is 0.692 bits per heavy atom. The van der Waals surface area contributed by atoms with Crippen molar-refractivity contribution in [1.29, 1.82) is 0 Å². The molecule has 0 aromatic rings. The number of carbonyl (C=O) groups excluding carboxylic acids is 1. The first kappa shape index (κ1) is 73.2. The molecular formula is C50H83NO40. The van der Waals surface area contributed by atoms with Crippen molar-refractivity contribution in [1.82, 2.24) is 5.32 Å². The van der Waals surface area contributed by atoms with Crippen LogP contribution in [-0.2, 0) is 80.6 Å². The van der Waals surface area contributed by atoms with Crippen LogP contribution in [-0.4, -0.2) is 422 Å². The first-order valence-corrected chi connectivity index (χ1v) is 29.1. The van der Waals surface area contributed by atoms with Crippen LogP contribution in [0.15, 0.2) is 0 Å². The molecule has 0 aromatic carbocycles. The number of carbonyl (C=O) groups is 1. The monoisotopic (exact) mass is 1340 g/mol. The molecule has 0 radical (unpaired) electrons. The SMILES string of the molecule is CC(=O)N[C@@H]1C(O)[C@H](O)[C@@H](CO)O[C@H]1OC[C@H]1O[C@@H]2O[C@H]3[C@H](O)[C@@H](O)[C@@H](O[C@H]4[C@H](O)[C@@H](O)[C@@H](O[C@H]5[C@H](O)[C@@H](O)[C@@H](O[C@H]6[C@H](O)[C@@H](O)[C@@H](O[C@H]7[C@H](O)[C@@H](O)[C@@H](O[C@H]8[C@H](O)[C@@H](O)[C@@H](O[C@H]1[C@H](O)[C@H]2O)O[C@@H]8CO)O[C@@H]7CO)O[C@@H]6CO)O[C@@H]5CO)O[C@@H]4CO)O[C@@H]3CO. The van der Waals surface area contributed by atoms with Crippen LogP contribution in [0, 0.1) is 0 Å². The molecular weight excluding hydrogens is 1250 g/mol. The Kier molecular flexibility index (Phi) is 25.1. The highest BCUT2D eigenvalue weighted by Crippen LogP contribution is 2.39. The van der Waals surface area contributed by atoms with E-state index in [-0.39, 0.29) is 0 Å². The molecule has 22 rings (SSSR count). The van der Waals surface area contributed by atoms with Crippen molar-refractivity contribution in [2.45, 2.75) is 253 Å². The Balaban J connectivity index is 1.03. The number of ether oxygens (including phenoxy) is 16. The molecule has 528 valence electrons. The minimum atomic E-state index is -2.37. The normalized spacial score (nSPS) is 53.7. The number of amides is 1. The fourth-order valence-corrected chi connectivity index (χ4v) is 12.2. The molecule has 0 saturated carbocycles. The summed E-state index contributed by atoms with van der Waals surface area (Å²) < 4.78 is 92.4. The van der Waals surface area contributed by atoms with Gasteiger partial charge in [0.2, 0.25) is 5.91 Å². The Labute approximate surface area is 513 Å². The maximum absolute atomic E-state index is 12.3. The average molecular weight is 1340 g/mol. The molecule has 14 bridgehead atoms. The van der Waals surface area contributed by atoms with Gasteiger partial charge in [0, 0.05) is 6.92 Å². The van der Waals surface area contributed by atoms with E-state index in [0.29, 0.717) is 0 Å². The summed E-state index contributed by atoms with van der Waals surface area (Å²) in [6.45, 7) is -7.50. The summed E-state index contributed by atoms with van der Waals surface area (Å²) in [6.07, 6.45) is -80.5. The molecule has 22 aliphatic heterocycles. The maximum Gasteiger partial charge on any atom is 0.217 e. The third-order valence-electron chi connectivity index (χ3n) is 17.3. The van der Waals surface area contributed by atoms with Crippen molar-refractivity contribution >= 4 is 5.91 Å². The van der Waals surface area contributed by atoms with Gasteiger partial charge < -0.3 is 199 Å². The molecule has 22 aliphatic rings. The lowest BCUT2D eigenvalue weighted by atomic mass is 9.95. The molecule has 0 aliphatic carbocycles. The largest absolute Gasteiger partial charge is 0.394 e. The number of aliphatic hydroxyl groups excluding tert-OH is 23. The summed E-state index contributed by atoms with van der Waals surface area (Å²) in [5, 5.41) is 258. The molecule has 22 fully saturated rings. The molecule has 24 N–H and O–H groups in total. The highest BCUT2D eigenvalue weighted by molar-refractivity contribution is 5.73. The molecule has 0 aromatic heterocycles. The molecule has 41 heteroatoms. The van der Waals surface area contributed by atoms with Crippen molar-refractivity contribution < 1.29 is 198 Å². The second-order valence-electron chi connectivity index (χ2n) is 23.2. The second-order valence-corrected chi connectivity index (χ2v) is 23.2. The Morgan fingerprint density at radius 2 is 0.484 bits per heavy atom. The van der Waals surface area contributed by atoms with E-state index in [0.717, 1.165) is 6.92 Å². The van der Waals surface area contributed by atoms with E-state index in [9.17, 15) is 122 Å². The summed E-state index contributed by atoms with van der Waals surface area (Å²) in [4.78, 5) is 12.3. The number of hydrogen-bond donors (Lipinski definition) is 24.